The predicted molar refractivity (Wildman–Crippen MR) is 57.9 cm³/mol. The van der Waals surface area contributed by atoms with E-state index in [1.807, 2.05) is 0 Å². The van der Waals surface area contributed by atoms with Crippen molar-refractivity contribution in [1.82, 2.24) is 0 Å². The molecule has 88 valence electrons. The summed E-state index contributed by atoms with van der Waals surface area (Å²) in [5, 5.41) is 8.69. The molecule has 17 heavy (non-hydrogen) atoms. The normalized spacial score (nSPS) is 11.1. The minimum atomic E-state index is -1.53. The highest BCUT2D eigenvalue weighted by atomic mass is 16.6. The number of ether oxygens (including phenoxy) is 2. The molecule has 1 aromatic carbocycles. The predicted octanol–water partition coefficient (Wildman–Crippen LogP) is 1.30. The fourth-order valence-corrected chi connectivity index (χ4v) is 1.09. The van der Waals surface area contributed by atoms with Crippen LogP contribution in [0.2, 0.25) is 0 Å². The second-order valence-electron chi connectivity index (χ2n) is 3.03. The zero-order valence-electron chi connectivity index (χ0n) is 9.25. The summed E-state index contributed by atoms with van der Waals surface area (Å²) in [6.07, 6.45) is -1.53. The van der Waals surface area contributed by atoms with Gasteiger partial charge in [-0.25, -0.2) is 9.59 Å². The van der Waals surface area contributed by atoms with E-state index in [-0.39, 0.29) is 12.2 Å². The first kappa shape index (κ1) is 12.7. The fourth-order valence-electron chi connectivity index (χ4n) is 1.09. The second-order valence-corrected chi connectivity index (χ2v) is 3.03. The molecule has 1 aromatic rings. The van der Waals surface area contributed by atoms with Crippen LogP contribution in [-0.2, 0) is 14.3 Å². The maximum atomic E-state index is 11.5. The van der Waals surface area contributed by atoms with Crippen molar-refractivity contribution >= 4 is 11.9 Å². The van der Waals surface area contributed by atoms with Gasteiger partial charge in [0.25, 0.3) is 6.10 Å². The van der Waals surface area contributed by atoms with Crippen LogP contribution < -0.4 is 0 Å². The molecule has 1 atom stereocenters. The van der Waals surface area contributed by atoms with Crippen LogP contribution in [0.25, 0.3) is 0 Å². The molecule has 0 spiro atoms. The van der Waals surface area contributed by atoms with Crippen molar-refractivity contribution < 1.29 is 19.1 Å². The molecule has 0 aliphatic carbocycles. The lowest BCUT2D eigenvalue weighted by atomic mass is 10.2. The van der Waals surface area contributed by atoms with Crippen molar-refractivity contribution in [3.63, 3.8) is 0 Å². The standard InChI is InChI=1S/C12H11NO4/c1-2-16-12(15)10(8-13)17-11(14)9-6-4-3-5-7-9/h3-7,10H,2H2,1H3. The number of hydrogen-bond acceptors (Lipinski definition) is 5. The number of nitriles is 1. The van der Waals surface area contributed by atoms with E-state index in [4.69, 9.17) is 10.00 Å². The third-order valence-electron chi connectivity index (χ3n) is 1.85. The summed E-state index contributed by atoms with van der Waals surface area (Å²) in [6, 6.07) is 9.68. The molecule has 0 aromatic heterocycles. The Labute approximate surface area is 98.6 Å². The van der Waals surface area contributed by atoms with Gasteiger partial charge in [0.05, 0.1) is 12.2 Å². The second kappa shape index (κ2) is 6.28. The van der Waals surface area contributed by atoms with E-state index >= 15 is 0 Å². The summed E-state index contributed by atoms with van der Waals surface area (Å²) in [5.41, 5.74) is 0.275. The van der Waals surface area contributed by atoms with E-state index in [9.17, 15) is 9.59 Å². The van der Waals surface area contributed by atoms with Crippen molar-refractivity contribution in [2.45, 2.75) is 13.0 Å². The summed E-state index contributed by atoms with van der Waals surface area (Å²) in [4.78, 5) is 22.8. The van der Waals surface area contributed by atoms with Gasteiger partial charge in [0.1, 0.15) is 6.07 Å². The Morgan fingerprint density at radius 1 is 1.35 bits per heavy atom. The Kier molecular flexibility index (Phi) is 4.70. The van der Waals surface area contributed by atoms with Gasteiger partial charge in [0, 0.05) is 0 Å². The van der Waals surface area contributed by atoms with E-state index < -0.39 is 18.0 Å². The number of carbonyl (C=O) groups excluding carboxylic acids is 2. The van der Waals surface area contributed by atoms with Gasteiger partial charge in [0.2, 0.25) is 0 Å². The zero-order chi connectivity index (χ0) is 12.7. The van der Waals surface area contributed by atoms with Gasteiger partial charge in [-0.2, -0.15) is 5.26 Å². The fraction of sp³-hybridized carbons (Fsp3) is 0.250. The Morgan fingerprint density at radius 2 is 2.00 bits per heavy atom. The van der Waals surface area contributed by atoms with Crippen molar-refractivity contribution in [2.24, 2.45) is 0 Å². The molecule has 0 fully saturated rings. The topological polar surface area (TPSA) is 76.4 Å². The molecular formula is C12H11NO4. The monoisotopic (exact) mass is 233 g/mol. The van der Waals surface area contributed by atoms with Crippen molar-refractivity contribution in [1.29, 1.82) is 5.26 Å². The van der Waals surface area contributed by atoms with E-state index in [1.54, 1.807) is 31.2 Å². The van der Waals surface area contributed by atoms with Gasteiger partial charge in [0.15, 0.2) is 0 Å². The van der Waals surface area contributed by atoms with E-state index in [0.717, 1.165) is 0 Å². The van der Waals surface area contributed by atoms with Gasteiger partial charge in [-0.15, -0.1) is 0 Å². The molecule has 0 saturated heterocycles. The SMILES string of the molecule is CCOC(=O)C(C#N)OC(=O)c1ccccc1. The van der Waals surface area contributed by atoms with Crippen molar-refractivity contribution in [3.05, 3.63) is 35.9 Å². The third-order valence-corrected chi connectivity index (χ3v) is 1.85. The third kappa shape index (κ3) is 3.61. The van der Waals surface area contributed by atoms with Crippen LogP contribution in [-0.4, -0.2) is 24.6 Å². The highest BCUT2D eigenvalue weighted by Gasteiger charge is 2.24. The maximum Gasteiger partial charge on any atom is 0.362 e. The highest BCUT2D eigenvalue weighted by Crippen LogP contribution is 2.04. The first-order chi connectivity index (χ1) is 8.19. The first-order valence-electron chi connectivity index (χ1n) is 5.01. The Hall–Kier alpha value is -2.35. The highest BCUT2D eigenvalue weighted by molar-refractivity contribution is 5.92. The molecule has 0 amide bonds. The van der Waals surface area contributed by atoms with Crippen molar-refractivity contribution in [3.8, 4) is 6.07 Å². The number of esters is 2. The van der Waals surface area contributed by atoms with Gasteiger partial charge in [-0.3, -0.25) is 0 Å². The molecular weight excluding hydrogens is 222 g/mol. The first-order valence-corrected chi connectivity index (χ1v) is 5.01. The van der Waals surface area contributed by atoms with Gasteiger partial charge >= 0.3 is 11.9 Å². The van der Waals surface area contributed by atoms with E-state index in [1.165, 1.54) is 12.1 Å². The number of nitrogens with zero attached hydrogens (tertiary/aromatic N) is 1. The van der Waals surface area contributed by atoms with E-state index in [0.29, 0.717) is 0 Å². The molecule has 0 aliphatic heterocycles. The summed E-state index contributed by atoms with van der Waals surface area (Å²) in [7, 11) is 0. The van der Waals surface area contributed by atoms with Crippen LogP contribution in [0.1, 0.15) is 17.3 Å². The van der Waals surface area contributed by atoms with Crippen LogP contribution in [0.3, 0.4) is 0 Å². The summed E-state index contributed by atoms with van der Waals surface area (Å²) < 4.78 is 9.32. The Balaban J connectivity index is 2.67. The quantitative estimate of drug-likeness (QED) is 0.732. The molecule has 0 saturated carbocycles. The minimum Gasteiger partial charge on any atom is -0.462 e. The Bertz CT molecular complexity index is 436. The van der Waals surface area contributed by atoms with Crippen LogP contribution in [0.15, 0.2) is 30.3 Å². The molecule has 1 rings (SSSR count). The van der Waals surface area contributed by atoms with Gasteiger partial charge < -0.3 is 9.47 Å². The minimum absolute atomic E-state index is 0.125. The average Bonchev–Trinajstić information content (AvgIpc) is 2.37. The van der Waals surface area contributed by atoms with E-state index in [2.05, 4.69) is 4.74 Å². The number of benzene rings is 1. The maximum absolute atomic E-state index is 11.5. The zero-order valence-corrected chi connectivity index (χ0v) is 9.25. The number of carbonyl (C=O) groups is 2. The molecule has 0 radical (unpaired) electrons. The summed E-state index contributed by atoms with van der Waals surface area (Å²) >= 11 is 0. The van der Waals surface area contributed by atoms with Crippen LogP contribution in [0, 0.1) is 11.3 Å². The molecule has 1 unspecified atom stereocenters. The lowest BCUT2D eigenvalue weighted by molar-refractivity contribution is -0.150. The molecule has 0 heterocycles. The summed E-state index contributed by atoms with van der Waals surface area (Å²) in [5.74, 6) is -1.59. The molecule has 0 aliphatic rings. The Morgan fingerprint density at radius 3 is 2.53 bits per heavy atom. The smallest absolute Gasteiger partial charge is 0.362 e. The molecule has 5 nitrogen and oxygen atoms in total. The molecule has 0 N–H and O–H groups in total. The lowest BCUT2D eigenvalue weighted by Crippen LogP contribution is -2.27. The average molecular weight is 233 g/mol. The molecule has 0 bridgehead atoms. The molecule has 5 heteroatoms. The number of rotatable bonds is 4. The lowest BCUT2D eigenvalue weighted by Gasteiger charge is -2.09. The number of hydrogen-bond donors (Lipinski definition) is 0. The van der Waals surface area contributed by atoms with Crippen molar-refractivity contribution in [2.75, 3.05) is 6.61 Å². The largest absolute Gasteiger partial charge is 0.462 e. The van der Waals surface area contributed by atoms with Gasteiger partial charge in [-0.1, -0.05) is 18.2 Å². The van der Waals surface area contributed by atoms with Crippen LogP contribution in [0.4, 0.5) is 0 Å². The van der Waals surface area contributed by atoms with Crippen LogP contribution in [0.5, 0.6) is 0 Å². The van der Waals surface area contributed by atoms with Gasteiger partial charge in [-0.05, 0) is 19.1 Å². The summed E-state index contributed by atoms with van der Waals surface area (Å²) in [6.45, 7) is 1.73. The van der Waals surface area contributed by atoms with Crippen LogP contribution >= 0.6 is 0 Å².